The highest BCUT2D eigenvalue weighted by Gasteiger charge is 1.82. The fourth-order valence-electron chi connectivity index (χ4n) is 0.731. The van der Waals surface area contributed by atoms with Crippen molar-refractivity contribution in [2.24, 2.45) is 0 Å². The lowest BCUT2D eigenvalue weighted by Crippen LogP contribution is -1.90. The van der Waals surface area contributed by atoms with E-state index in [1.54, 1.807) is 0 Å². The number of hydrogen-bond acceptors (Lipinski definition) is 3. The molecule has 0 saturated carbocycles. The van der Waals surface area contributed by atoms with Gasteiger partial charge in [-0.15, -0.1) is 0 Å². The van der Waals surface area contributed by atoms with Gasteiger partial charge in [0.05, 0.1) is 19.1 Å². The summed E-state index contributed by atoms with van der Waals surface area (Å²) in [7, 11) is 0. The molecule has 0 aliphatic carbocycles. The number of hydrogen-bond donors (Lipinski definition) is 1. The van der Waals surface area contributed by atoms with Gasteiger partial charge in [-0.1, -0.05) is 31.4 Å². The third-order valence-corrected chi connectivity index (χ3v) is 1.29. The van der Waals surface area contributed by atoms with Crippen LogP contribution in [0.2, 0.25) is 0 Å². The third kappa shape index (κ3) is 8.59. The lowest BCUT2D eigenvalue weighted by molar-refractivity contribution is 0.166. The van der Waals surface area contributed by atoms with Gasteiger partial charge >= 0.3 is 0 Å². The maximum Gasteiger partial charge on any atom is 0.126 e. The van der Waals surface area contributed by atoms with Crippen molar-refractivity contribution in [1.82, 2.24) is 0 Å². The largest absolute Gasteiger partial charge is 0.499 e. The van der Waals surface area contributed by atoms with E-state index in [0.717, 1.165) is 5.75 Å². The average molecular weight is 208 g/mol. The summed E-state index contributed by atoms with van der Waals surface area (Å²) >= 11 is 0. The third-order valence-electron chi connectivity index (χ3n) is 1.29. The Kier molecular flexibility index (Phi) is 9.14. The molecule has 0 aliphatic heterocycles. The smallest absolute Gasteiger partial charge is 0.126 e. The predicted octanol–water partition coefficient (Wildman–Crippen LogP) is 2.35. The number of para-hydroxylation sites is 1. The molecule has 0 aliphatic rings. The van der Waals surface area contributed by atoms with Crippen LogP contribution >= 0.6 is 0 Å². The van der Waals surface area contributed by atoms with E-state index in [1.807, 2.05) is 30.3 Å². The van der Waals surface area contributed by atoms with Gasteiger partial charge < -0.3 is 14.6 Å². The fraction of sp³-hybridized carbons (Fsp3) is 0.167. The molecular formula is C12H16O3. The Morgan fingerprint density at radius 2 is 1.80 bits per heavy atom. The molecule has 0 radical (unpaired) electrons. The van der Waals surface area contributed by atoms with Gasteiger partial charge in [-0.3, -0.25) is 0 Å². The van der Waals surface area contributed by atoms with Crippen LogP contribution in [0.4, 0.5) is 0 Å². The number of ether oxygens (including phenoxy) is 2. The van der Waals surface area contributed by atoms with Crippen LogP contribution in [0.15, 0.2) is 56.0 Å². The molecule has 0 unspecified atom stereocenters. The van der Waals surface area contributed by atoms with E-state index in [-0.39, 0.29) is 6.61 Å². The SMILES string of the molecule is C=COCCO.C=COc1ccccc1. The van der Waals surface area contributed by atoms with Crippen LogP contribution in [0, 0.1) is 0 Å². The molecule has 0 saturated heterocycles. The molecule has 82 valence electrons. The van der Waals surface area contributed by atoms with Crippen LogP contribution in [-0.2, 0) is 4.74 Å². The second-order valence-electron chi connectivity index (χ2n) is 2.36. The minimum atomic E-state index is 0.0615. The van der Waals surface area contributed by atoms with E-state index in [9.17, 15) is 0 Å². The van der Waals surface area contributed by atoms with Crippen molar-refractivity contribution >= 4 is 0 Å². The fourth-order valence-corrected chi connectivity index (χ4v) is 0.731. The summed E-state index contributed by atoms with van der Waals surface area (Å²) < 4.78 is 9.47. The molecule has 1 aromatic rings. The van der Waals surface area contributed by atoms with Gasteiger partial charge in [-0.2, -0.15) is 0 Å². The molecule has 0 atom stereocenters. The summed E-state index contributed by atoms with van der Waals surface area (Å²) in [6.07, 6.45) is 2.71. The van der Waals surface area contributed by atoms with E-state index in [1.165, 1.54) is 12.5 Å². The number of rotatable bonds is 5. The summed E-state index contributed by atoms with van der Waals surface area (Å²) in [5.74, 6) is 0.826. The van der Waals surface area contributed by atoms with E-state index >= 15 is 0 Å². The first-order valence-corrected chi connectivity index (χ1v) is 4.51. The molecular weight excluding hydrogens is 192 g/mol. The second kappa shape index (κ2) is 10.3. The maximum absolute atomic E-state index is 8.02. The normalized spacial score (nSPS) is 8.07. The molecule has 0 amide bonds. The Balaban J connectivity index is 0.000000288. The zero-order chi connectivity index (χ0) is 11.4. The molecule has 0 spiro atoms. The lowest BCUT2D eigenvalue weighted by atomic mass is 10.3. The molecule has 0 fully saturated rings. The standard InChI is InChI=1S/C8H8O.C4H8O2/c1-2-9-8-6-4-3-5-7-8;1-2-6-4-3-5/h2-7H,1H2;2,5H,1,3-4H2. The Bertz CT molecular complexity index is 257. The van der Waals surface area contributed by atoms with Crippen LogP contribution in [0.25, 0.3) is 0 Å². The summed E-state index contributed by atoms with van der Waals surface area (Å²) in [4.78, 5) is 0. The van der Waals surface area contributed by atoms with Gasteiger partial charge in [0, 0.05) is 0 Å². The van der Waals surface area contributed by atoms with Gasteiger partial charge in [0.25, 0.3) is 0 Å². The Morgan fingerprint density at radius 3 is 2.20 bits per heavy atom. The highest BCUT2D eigenvalue weighted by molar-refractivity contribution is 5.21. The summed E-state index contributed by atoms with van der Waals surface area (Å²) in [5, 5.41) is 8.02. The van der Waals surface area contributed by atoms with Crippen molar-refractivity contribution < 1.29 is 14.6 Å². The summed E-state index contributed by atoms with van der Waals surface area (Å²) in [5.41, 5.74) is 0. The summed E-state index contributed by atoms with van der Waals surface area (Å²) in [6.45, 7) is 7.11. The quantitative estimate of drug-likeness (QED) is 0.596. The van der Waals surface area contributed by atoms with Crippen LogP contribution < -0.4 is 4.74 Å². The molecule has 0 bridgehead atoms. The van der Waals surface area contributed by atoms with Crippen LogP contribution in [0.3, 0.4) is 0 Å². The van der Waals surface area contributed by atoms with E-state index in [0.29, 0.717) is 6.61 Å². The zero-order valence-electron chi connectivity index (χ0n) is 8.63. The highest BCUT2D eigenvalue weighted by Crippen LogP contribution is 2.07. The van der Waals surface area contributed by atoms with Gasteiger partial charge in [0.15, 0.2) is 0 Å². The number of benzene rings is 1. The Hall–Kier alpha value is -1.74. The van der Waals surface area contributed by atoms with Crippen molar-refractivity contribution in [3.63, 3.8) is 0 Å². The molecule has 3 nitrogen and oxygen atoms in total. The predicted molar refractivity (Wildman–Crippen MR) is 60.5 cm³/mol. The Morgan fingerprint density at radius 1 is 1.13 bits per heavy atom. The lowest BCUT2D eigenvalue weighted by Gasteiger charge is -1.95. The monoisotopic (exact) mass is 208 g/mol. The van der Waals surface area contributed by atoms with E-state index in [4.69, 9.17) is 9.84 Å². The first kappa shape index (κ1) is 13.3. The summed E-state index contributed by atoms with van der Waals surface area (Å²) in [6, 6.07) is 9.52. The molecule has 1 N–H and O–H groups in total. The molecule has 3 heteroatoms. The van der Waals surface area contributed by atoms with Gasteiger partial charge in [-0.05, 0) is 12.1 Å². The van der Waals surface area contributed by atoms with Crippen LogP contribution in [0.5, 0.6) is 5.75 Å². The minimum absolute atomic E-state index is 0.0615. The van der Waals surface area contributed by atoms with Crippen molar-refractivity contribution in [3.05, 3.63) is 56.0 Å². The first-order valence-electron chi connectivity index (χ1n) is 4.51. The van der Waals surface area contributed by atoms with Gasteiger partial charge in [-0.25, -0.2) is 0 Å². The van der Waals surface area contributed by atoms with E-state index in [2.05, 4.69) is 17.9 Å². The minimum Gasteiger partial charge on any atom is -0.499 e. The maximum atomic E-state index is 8.02. The molecule has 0 aromatic heterocycles. The van der Waals surface area contributed by atoms with Crippen molar-refractivity contribution in [2.75, 3.05) is 13.2 Å². The van der Waals surface area contributed by atoms with E-state index < -0.39 is 0 Å². The first-order chi connectivity index (χ1) is 7.35. The van der Waals surface area contributed by atoms with Crippen LogP contribution in [-0.4, -0.2) is 18.3 Å². The number of aliphatic hydroxyl groups excluding tert-OH is 1. The Labute approximate surface area is 90.3 Å². The van der Waals surface area contributed by atoms with Crippen molar-refractivity contribution in [1.29, 1.82) is 0 Å². The van der Waals surface area contributed by atoms with Gasteiger partial charge in [0.2, 0.25) is 0 Å². The second-order valence-corrected chi connectivity index (χ2v) is 2.36. The van der Waals surface area contributed by atoms with Crippen molar-refractivity contribution in [3.8, 4) is 5.75 Å². The average Bonchev–Trinajstić information content (AvgIpc) is 2.29. The molecule has 0 heterocycles. The molecule has 1 aromatic carbocycles. The number of aliphatic hydroxyl groups is 1. The van der Waals surface area contributed by atoms with Gasteiger partial charge in [0.1, 0.15) is 12.4 Å². The molecule has 1 rings (SSSR count). The van der Waals surface area contributed by atoms with Crippen LogP contribution in [0.1, 0.15) is 0 Å². The molecule has 15 heavy (non-hydrogen) atoms. The zero-order valence-corrected chi connectivity index (χ0v) is 8.63. The highest BCUT2D eigenvalue weighted by atomic mass is 16.5. The van der Waals surface area contributed by atoms with Crippen molar-refractivity contribution in [2.45, 2.75) is 0 Å². The topological polar surface area (TPSA) is 38.7 Å².